The maximum atomic E-state index is 13.2. The number of hydrogen-bond donors (Lipinski definition) is 1. The summed E-state index contributed by atoms with van der Waals surface area (Å²) in [6.45, 7) is 3.98. The molecule has 0 amide bonds. The molecule has 19 heavy (non-hydrogen) atoms. The van der Waals surface area contributed by atoms with Gasteiger partial charge < -0.3 is 5.32 Å². The quantitative estimate of drug-likeness (QED) is 0.685. The molecule has 0 aliphatic carbocycles. The fourth-order valence-corrected chi connectivity index (χ4v) is 2.40. The van der Waals surface area contributed by atoms with Crippen LogP contribution < -0.4 is 5.32 Å². The highest BCUT2D eigenvalue weighted by Crippen LogP contribution is 2.29. The first-order valence-electron chi connectivity index (χ1n) is 5.63. The average Bonchev–Trinajstić information content (AvgIpc) is 2.76. The molecule has 0 fully saturated rings. The van der Waals surface area contributed by atoms with Gasteiger partial charge in [-0.2, -0.15) is 4.39 Å². The first-order chi connectivity index (χ1) is 8.97. The van der Waals surface area contributed by atoms with Crippen molar-refractivity contribution in [3.05, 3.63) is 39.5 Å². The smallest absolute Gasteiger partial charge is 0.305 e. The van der Waals surface area contributed by atoms with Gasteiger partial charge >= 0.3 is 5.69 Å². The minimum absolute atomic E-state index is 0.251. The predicted octanol–water partition coefficient (Wildman–Crippen LogP) is 3.68. The molecule has 0 radical (unpaired) electrons. The zero-order valence-electron chi connectivity index (χ0n) is 10.4. The molecule has 100 valence electrons. The Labute approximate surface area is 113 Å². The Bertz CT molecular complexity index is 613. The third-order valence-electron chi connectivity index (χ3n) is 2.35. The van der Waals surface area contributed by atoms with Crippen LogP contribution in [0.1, 0.15) is 13.8 Å². The zero-order chi connectivity index (χ0) is 14.0. The largest absolute Gasteiger partial charge is 0.359 e. The Morgan fingerprint density at radius 1 is 1.47 bits per heavy atom. The molecule has 2 rings (SSSR count). The second kappa shape index (κ2) is 5.31. The fourth-order valence-electron chi connectivity index (χ4n) is 1.53. The van der Waals surface area contributed by atoms with E-state index >= 15 is 0 Å². The van der Waals surface area contributed by atoms with Crippen LogP contribution in [0.4, 0.5) is 15.2 Å². The highest BCUT2D eigenvalue weighted by molar-refractivity contribution is 7.14. The van der Waals surface area contributed by atoms with Crippen LogP contribution in [0.25, 0.3) is 11.3 Å². The maximum Gasteiger partial charge on any atom is 0.305 e. The lowest BCUT2D eigenvalue weighted by atomic mass is 10.1. The van der Waals surface area contributed by atoms with Gasteiger partial charge in [0.25, 0.3) is 0 Å². The summed E-state index contributed by atoms with van der Waals surface area (Å²) < 4.78 is 13.2. The number of benzene rings is 1. The summed E-state index contributed by atoms with van der Waals surface area (Å²) in [4.78, 5) is 14.3. The van der Waals surface area contributed by atoms with Crippen molar-refractivity contribution < 1.29 is 9.31 Å². The summed E-state index contributed by atoms with van der Waals surface area (Å²) in [6.07, 6.45) is 0. The van der Waals surface area contributed by atoms with Crippen molar-refractivity contribution in [3.63, 3.8) is 0 Å². The number of nitro benzene ring substituents is 1. The van der Waals surface area contributed by atoms with Crippen molar-refractivity contribution >= 4 is 22.2 Å². The first-order valence-corrected chi connectivity index (χ1v) is 6.51. The van der Waals surface area contributed by atoms with E-state index in [4.69, 9.17) is 0 Å². The number of aromatic nitrogens is 1. The number of nitrogens with zero attached hydrogens (tertiary/aromatic N) is 2. The fraction of sp³-hybridized carbons (Fsp3) is 0.250. The van der Waals surface area contributed by atoms with E-state index in [1.807, 2.05) is 13.8 Å². The molecule has 1 N–H and O–H groups in total. The number of thiazole rings is 1. The number of nitro groups is 1. The van der Waals surface area contributed by atoms with Crippen molar-refractivity contribution in [1.82, 2.24) is 4.98 Å². The monoisotopic (exact) mass is 281 g/mol. The number of nitrogens with one attached hydrogen (secondary N) is 1. The Balaban J connectivity index is 2.34. The predicted molar refractivity (Wildman–Crippen MR) is 72.9 cm³/mol. The SMILES string of the molecule is CC(C)Nc1nc(-c2ccc(F)c([N+](=O)[O-])c2)cs1. The molecule has 0 aliphatic heterocycles. The van der Waals surface area contributed by atoms with Crippen LogP contribution in [0.15, 0.2) is 23.6 Å². The molecule has 1 heterocycles. The second-order valence-electron chi connectivity index (χ2n) is 4.26. The van der Waals surface area contributed by atoms with E-state index < -0.39 is 16.4 Å². The molecule has 1 aromatic carbocycles. The summed E-state index contributed by atoms with van der Waals surface area (Å²) in [5, 5.41) is 16.3. The minimum Gasteiger partial charge on any atom is -0.359 e. The van der Waals surface area contributed by atoms with Crippen LogP contribution in [0.2, 0.25) is 0 Å². The molecule has 1 aromatic heterocycles. The molecule has 0 spiro atoms. The summed E-state index contributed by atoms with van der Waals surface area (Å²) in [5.41, 5.74) is 0.585. The number of halogens is 1. The van der Waals surface area contributed by atoms with Gasteiger partial charge in [-0.15, -0.1) is 11.3 Å². The molecule has 0 saturated heterocycles. The average molecular weight is 281 g/mol. The maximum absolute atomic E-state index is 13.2. The Morgan fingerprint density at radius 2 is 2.21 bits per heavy atom. The van der Waals surface area contributed by atoms with Crippen LogP contribution in [0.3, 0.4) is 0 Å². The van der Waals surface area contributed by atoms with Gasteiger partial charge in [0.2, 0.25) is 5.82 Å². The molecule has 5 nitrogen and oxygen atoms in total. The van der Waals surface area contributed by atoms with E-state index in [0.29, 0.717) is 11.3 Å². The number of hydrogen-bond acceptors (Lipinski definition) is 5. The molecule has 0 bridgehead atoms. The standard InChI is InChI=1S/C12H12FN3O2S/c1-7(2)14-12-15-10(6-19-12)8-3-4-9(13)11(5-8)16(17)18/h3-7H,1-2H3,(H,14,15). The van der Waals surface area contributed by atoms with E-state index in [1.54, 1.807) is 5.38 Å². The van der Waals surface area contributed by atoms with Gasteiger partial charge in [0.15, 0.2) is 5.13 Å². The van der Waals surface area contributed by atoms with Crippen molar-refractivity contribution in [2.45, 2.75) is 19.9 Å². The molecule has 0 saturated carbocycles. The van der Waals surface area contributed by atoms with Crippen LogP contribution in [0, 0.1) is 15.9 Å². The van der Waals surface area contributed by atoms with Gasteiger partial charge in [-0.1, -0.05) is 0 Å². The van der Waals surface area contributed by atoms with Gasteiger partial charge in [-0.05, 0) is 26.0 Å². The van der Waals surface area contributed by atoms with Gasteiger partial charge in [0.05, 0.1) is 10.6 Å². The Hall–Kier alpha value is -2.02. The van der Waals surface area contributed by atoms with E-state index in [0.717, 1.165) is 11.2 Å². The third-order valence-corrected chi connectivity index (χ3v) is 3.13. The summed E-state index contributed by atoms with van der Waals surface area (Å²) in [7, 11) is 0. The number of anilines is 1. The minimum atomic E-state index is -0.843. The van der Waals surface area contributed by atoms with Gasteiger partial charge in [-0.25, -0.2) is 4.98 Å². The zero-order valence-corrected chi connectivity index (χ0v) is 11.2. The first kappa shape index (κ1) is 13.4. The van der Waals surface area contributed by atoms with Crippen molar-refractivity contribution in [2.75, 3.05) is 5.32 Å². The lowest BCUT2D eigenvalue weighted by Gasteiger charge is -2.04. The summed E-state index contributed by atoms with van der Waals surface area (Å²) in [5.74, 6) is -0.843. The van der Waals surface area contributed by atoms with Gasteiger partial charge in [-0.3, -0.25) is 10.1 Å². The van der Waals surface area contributed by atoms with Crippen molar-refractivity contribution in [3.8, 4) is 11.3 Å². The van der Waals surface area contributed by atoms with E-state index in [2.05, 4.69) is 10.3 Å². The summed E-state index contributed by atoms with van der Waals surface area (Å²) in [6, 6.07) is 4.02. The molecular weight excluding hydrogens is 269 g/mol. The highest BCUT2D eigenvalue weighted by atomic mass is 32.1. The molecule has 2 aromatic rings. The second-order valence-corrected chi connectivity index (χ2v) is 5.12. The third kappa shape index (κ3) is 3.05. The Kier molecular flexibility index (Phi) is 3.75. The van der Waals surface area contributed by atoms with E-state index in [9.17, 15) is 14.5 Å². The molecular formula is C12H12FN3O2S. The lowest BCUT2D eigenvalue weighted by Crippen LogP contribution is -2.08. The summed E-state index contributed by atoms with van der Waals surface area (Å²) >= 11 is 1.41. The van der Waals surface area contributed by atoms with Crippen LogP contribution in [-0.2, 0) is 0 Å². The van der Waals surface area contributed by atoms with Crippen molar-refractivity contribution in [1.29, 1.82) is 0 Å². The van der Waals surface area contributed by atoms with Gasteiger partial charge in [0, 0.05) is 23.1 Å². The van der Waals surface area contributed by atoms with Crippen LogP contribution in [-0.4, -0.2) is 15.9 Å². The molecule has 0 atom stereocenters. The van der Waals surface area contributed by atoms with Gasteiger partial charge in [0.1, 0.15) is 0 Å². The van der Waals surface area contributed by atoms with Crippen molar-refractivity contribution in [2.24, 2.45) is 0 Å². The Morgan fingerprint density at radius 3 is 2.84 bits per heavy atom. The normalized spacial score (nSPS) is 10.7. The van der Waals surface area contributed by atoms with Crippen LogP contribution >= 0.6 is 11.3 Å². The lowest BCUT2D eigenvalue weighted by molar-refractivity contribution is -0.387. The topological polar surface area (TPSA) is 68.1 Å². The highest BCUT2D eigenvalue weighted by Gasteiger charge is 2.16. The van der Waals surface area contributed by atoms with Crippen LogP contribution in [0.5, 0.6) is 0 Å². The molecule has 7 heteroatoms. The number of rotatable bonds is 4. The van der Waals surface area contributed by atoms with E-state index in [1.165, 1.54) is 23.5 Å². The van der Waals surface area contributed by atoms with E-state index in [-0.39, 0.29) is 6.04 Å². The molecule has 0 unspecified atom stereocenters. The molecule has 0 aliphatic rings.